The number of aromatic nitrogens is 2. The molecular weight excluding hydrogens is 422 g/mol. The molecule has 1 amide bonds. The summed E-state index contributed by atoms with van der Waals surface area (Å²) in [4.78, 5) is 32.9. The lowest BCUT2D eigenvalue weighted by Crippen LogP contribution is -2.54. The summed E-state index contributed by atoms with van der Waals surface area (Å²) in [7, 11) is 1.86. The maximum absolute atomic E-state index is 13.4. The van der Waals surface area contributed by atoms with Crippen LogP contribution >= 0.6 is 0 Å². The van der Waals surface area contributed by atoms with E-state index in [-0.39, 0.29) is 24.2 Å². The number of amides is 1. The molecule has 1 N–H and O–H groups in total. The number of carbonyl (C=O) groups excluding carboxylic acids is 1. The summed E-state index contributed by atoms with van der Waals surface area (Å²) in [5, 5.41) is 5.18. The highest BCUT2D eigenvalue weighted by Gasteiger charge is 2.43. The zero-order valence-corrected chi connectivity index (χ0v) is 19.0. The van der Waals surface area contributed by atoms with Crippen LogP contribution in [0.1, 0.15) is 49.5 Å². The predicted octanol–water partition coefficient (Wildman–Crippen LogP) is 2.01. The van der Waals surface area contributed by atoms with E-state index in [4.69, 9.17) is 9.47 Å². The molecule has 0 bridgehead atoms. The van der Waals surface area contributed by atoms with Crippen LogP contribution in [0.3, 0.4) is 0 Å². The van der Waals surface area contributed by atoms with E-state index >= 15 is 0 Å². The first kappa shape index (κ1) is 21.9. The van der Waals surface area contributed by atoms with Crippen molar-refractivity contribution in [2.24, 2.45) is 0 Å². The predicted molar refractivity (Wildman–Crippen MR) is 123 cm³/mol. The molecule has 33 heavy (non-hydrogen) atoms. The standard InChI is InChI=1S/C24H31N5O4/c1-27-21(18-8-4-2-5-9-18)26-23-25-19(16-20(30)29(23)27)17-33-24(10-6-3-7-11-24)22(31)28-12-14-32-15-13-28/h2,4-5,8-9,16,21H,3,6-7,10-15,17H2,1H3,(H,25,26). The fraction of sp³-hybridized carbons (Fsp3) is 0.542. The monoisotopic (exact) mass is 453 g/mol. The molecule has 1 aromatic heterocycles. The summed E-state index contributed by atoms with van der Waals surface area (Å²) in [6.07, 6.45) is 4.24. The van der Waals surface area contributed by atoms with Crippen molar-refractivity contribution in [2.75, 3.05) is 43.7 Å². The molecule has 1 aromatic carbocycles. The number of rotatable bonds is 5. The second kappa shape index (κ2) is 9.15. The molecule has 1 aliphatic carbocycles. The van der Waals surface area contributed by atoms with Crippen LogP contribution in [-0.2, 0) is 20.9 Å². The van der Waals surface area contributed by atoms with E-state index in [1.807, 2.05) is 47.3 Å². The third kappa shape index (κ3) is 4.22. The molecular formula is C24H31N5O4. The number of hydrogen-bond donors (Lipinski definition) is 1. The SMILES string of the molecule is CN1C(c2ccccc2)Nc2nc(COC3(C(=O)N4CCOCC4)CCCCC3)cc(=O)n21. The van der Waals surface area contributed by atoms with Gasteiger partial charge in [-0.15, -0.1) is 0 Å². The van der Waals surface area contributed by atoms with Gasteiger partial charge in [-0.05, 0) is 18.4 Å². The normalized spacial score (nSPS) is 22.0. The Labute approximate surface area is 193 Å². The molecule has 1 saturated carbocycles. The minimum atomic E-state index is -0.844. The van der Waals surface area contributed by atoms with Crippen molar-refractivity contribution in [3.05, 3.63) is 58.0 Å². The number of anilines is 1. The number of benzene rings is 1. The van der Waals surface area contributed by atoms with Gasteiger partial charge in [-0.2, -0.15) is 4.68 Å². The van der Waals surface area contributed by atoms with Crippen molar-refractivity contribution < 1.29 is 14.3 Å². The van der Waals surface area contributed by atoms with Gasteiger partial charge in [0.15, 0.2) is 0 Å². The average Bonchev–Trinajstić information content (AvgIpc) is 3.20. The first-order valence-electron chi connectivity index (χ1n) is 11.8. The second-order valence-corrected chi connectivity index (χ2v) is 9.00. The van der Waals surface area contributed by atoms with Crippen molar-refractivity contribution in [1.29, 1.82) is 0 Å². The van der Waals surface area contributed by atoms with E-state index in [1.54, 1.807) is 0 Å². The van der Waals surface area contributed by atoms with Crippen LogP contribution in [0.2, 0.25) is 0 Å². The van der Waals surface area contributed by atoms with Gasteiger partial charge < -0.3 is 19.7 Å². The fourth-order valence-electron chi connectivity index (χ4n) is 5.07. The number of nitrogens with zero attached hydrogens (tertiary/aromatic N) is 4. The largest absolute Gasteiger partial charge is 0.378 e. The molecule has 5 rings (SSSR count). The van der Waals surface area contributed by atoms with E-state index < -0.39 is 5.60 Å². The van der Waals surface area contributed by atoms with Crippen LogP contribution in [0, 0.1) is 0 Å². The minimum absolute atomic E-state index is 0.0466. The molecule has 0 spiro atoms. The van der Waals surface area contributed by atoms with E-state index in [1.165, 1.54) is 10.7 Å². The van der Waals surface area contributed by atoms with Crippen LogP contribution in [-0.4, -0.2) is 59.4 Å². The van der Waals surface area contributed by atoms with E-state index in [0.29, 0.717) is 50.8 Å². The maximum Gasteiger partial charge on any atom is 0.274 e. The van der Waals surface area contributed by atoms with E-state index in [0.717, 1.165) is 24.8 Å². The van der Waals surface area contributed by atoms with Crippen LogP contribution < -0.4 is 15.9 Å². The molecule has 2 aromatic rings. The number of hydrogen-bond acceptors (Lipinski definition) is 7. The number of nitrogens with one attached hydrogen (secondary N) is 1. The fourth-order valence-corrected chi connectivity index (χ4v) is 5.07. The Hall–Kier alpha value is -2.91. The number of carbonyl (C=O) groups is 1. The Morgan fingerprint density at radius 1 is 1.18 bits per heavy atom. The molecule has 9 nitrogen and oxygen atoms in total. The summed E-state index contributed by atoms with van der Waals surface area (Å²) in [6.45, 7) is 2.44. The first-order chi connectivity index (χ1) is 16.1. The third-order valence-electron chi connectivity index (χ3n) is 6.86. The van der Waals surface area contributed by atoms with Crippen LogP contribution in [0.5, 0.6) is 0 Å². The maximum atomic E-state index is 13.4. The Morgan fingerprint density at radius 2 is 1.91 bits per heavy atom. The van der Waals surface area contributed by atoms with Crippen molar-refractivity contribution in [1.82, 2.24) is 14.6 Å². The van der Waals surface area contributed by atoms with E-state index in [9.17, 15) is 9.59 Å². The van der Waals surface area contributed by atoms with Crippen LogP contribution in [0.4, 0.5) is 5.95 Å². The lowest BCUT2D eigenvalue weighted by molar-refractivity contribution is -0.169. The smallest absolute Gasteiger partial charge is 0.274 e. The van der Waals surface area contributed by atoms with Crippen molar-refractivity contribution >= 4 is 11.9 Å². The highest BCUT2D eigenvalue weighted by atomic mass is 16.5. The molecule has 0 radical (unpaired) electrons. The summed E-state index contributed by atoms with van der Waals surface area (Å²) in [5.41, 5.74) is 0.549. The molecule has 1 unspecified atom stereocenters. The molecule has 3 aliphatic rings. The second-order valence-electron chi connectivity index (χ2n) is 9.00. The third-order valence-corrected chi connectivity index (χ3v) is 6.86. The van der Waals surface area contributed by atoms with Gasteiger partial charge in [0.1, 0.15) is 11.8 Å². The summed E-state index contributed by atoms with van der Waals surface area (Å²) in [6, 6.07) is 11.4. The Morgan fingerprint density at radius 3 is 2.64 bits per heavy atom. The molecule has 2 aliphatic heterocycles. The Balaban J connectivity index is 1.35. The van der Waals surface area contributed by atoms with Gasteiger partial charge in [0, 0.05) is 26.2 Å². The van der Waals surface area contributed by atoms with Crippen LogP contribution in [0.15, 0.2) is 41.2 Å². The van der Waals surface area contributed by atoms with Crippen molar-refractivity contribution in [3.8, 4) is 0 Å². The van der Waals surface area contributed by atoms with Gasteiger partial charge in [0.2, 0.25) is 5.95 Å². The quantitative estimate of drug-likeness (QED) is 0.741. The highest BCUT2D eigenvalue weighted by Crippen LogP contribution is 2.35. The highest BCUT2D eigenvalue weighted by molar-refractivity contribution is 5.85. The number of morpholine rings is 1. The number of fused-ring (bicyclic) bond motifs is 1. The Bertz CT molecular complexity index is 1040. The molecule has 1 atom stereocenters. The first-order valence-corrected chi connectivity index (χ1v) is 11.8. The zero-order valence-electron chi connectivity index (χ0n) is 19.0. The molecule has 2 fully saturated rings. The Kier molecular flexibility index (Phi) is 6.07. The van der Waals surface area contributed by atoms with E-state index in [2.05, 4.69) is 10.3 Å². The topological polar surface area (TPSA) is 88.9 Å². The summed E-state index contributed by atoms with van der Waals surface area (Å²) >= 11 is 0. The molecule has 9 heteroatoms. The zero-order chi connectivity index (χ0) is 22.8. The molecule has 176 valence electrons. The van der Waals surface area contributed by atoms with Gasteiger partial charge in [-0.3, -0.25) is 14.6 Å². The van der Waals surface area contributed by atoms with Gasteiger partial charge in [-0.1, -0.05) is 49.6 Å². The van der Waals surface area contributed by atoms with Gasteiger partial charge in [-0.25, -0.2) is 4.98 Å². The van der Waals surface area contributed by atoms with Crippen LogP contribution in [0.25, 0.3) is 0 Å². The van der Waals surface area contributed by atoms with Gasteiger partial charge >= 0.3 is 0 Å². The lowest BCUT2D eigenvalue weighted by Gasteiger charge is -2.40. The molecule has 3 heterocycles. The number of ether oxygens (including phenoxy) is 2. The average molecular weight is 454 g/mol. The summed E-state index contributed by atoms with van der Waals surface area (Å²) < 4.78 is 13.3. The summed E-state index contributed by atoms with van der Waals surface area (Å²) in [5.74, 6) is 0.528. The van der Waals surface area contributed by atoms with Gasteiger partial charge in [0.05, 0.1) is 25.5 Å². The van der Waals surface area contributed by atoms with Crippen molar-refractivity contribution in [3.63, 3.8) is 0 Å². The minimum Gasteiger partial charge on any atom is -0.378 e. The molecule has 1 saturated heterocycles. The van der Waals surface area contributed by atoms with Crippen molar-refractivity contribution in [2.45, 2.75) is 50.5 Å². The van der Waals surface area contributed by atoms with Gasteiger partial charge in [0.25, 0.3) is 11.5 Å². The lowest BCUT2D eigenvalue weighted by atomic mass is 9.83.